The molecule has 128 valence electrons. The van der Waals surface area contributed by atoms with Crippen LogP contribution in [-0.2, 0) is 4.79 Å². The fourth-order valence-electron chi connectivity index (χ4n) is 5.77. The van der Waals surface area contributed by atoms with E-state index >= 15 is 0 Å². The van der Waals surface area contributed by atoms with E-state index in [0.717, 1.165) is 18.3 Å². The van der Waals surface area contributed by atoms with E-state index in [1.807, 2.05) is 0 Å². The maximum Gasteiger partial charge on any atom is 0.311 e. The summed E-state index contributed by atoms with van der Waals surface area (Å²) in [6.07, 6.45) is 7.86. The summed E-state index contributed by atoms with van der Waals surface area (Å²) in [5.74, 6) is 1.96. The zero-order chi connectivity index (χ0) is 16.9. The number of benzene rings is 1. The van der Waals surface area contributed by atoms with Crippen molar-refractivity contribution in [2.45, 2.75) is 56.2 Å². The minimum atomic E-state index is -0.136. The van der Waals surface area contributed by atoms with Crippen LogP contribution in [0.5, 0.6) is 5.75 Å². The van der Waals surface area contributed by atoms with E-state index in [4.69, 9.17) is 4.74 Å². The van der Waals surface area contributed by atoms with Crippen LogP contribution in [0.3, 0.4) is 0 Å². The van der Waals surface area contributed by atoms with Gasteiger partial charge < -0.3 is 4.74 Å². The Kier molecular flexibility index (Phi) is 3.87. The molecule has 0 aromatic heterocycles. The highest BCUT2D eigenvalue weighted by Crippen LogP contribution is 2.65. The van der Waals surface area contributed by atoms with Crippen molar-refractivity contribution in [2.24, 2.45) is 17.3 Å². The van der Waals surface area contributed by atoms with Gasteiger partial charge in [-0.05, 0) is 87.0 Å². The summed E-state index contributed by atoms with van der Waals surface area (Å²) in [5, 5.41) is 0. The average molecular weight is 391 g/mol. The Morgan fingerprint density at radius 1 is 1.12 bits per heavy atom. The maximum atomic E-state index is 12.5. The Bertz CT molecular complexity index is 665. The number of ketones is 1. The third-order valence-electron chi connectivity index (χ3n) is 6.12. The van der Waals surface area contributed by atoms with Gasteiger partial charge in [0.05, 0.1) is 6.42 Å². The molecule has 0 radical (unpaired) electrons. The molecule has 0 heterocycles. The topological polar surface area (TPSA) is 43.4 Å². The number of esters is 1. The molecule has 4 aliphatic rings. The van der Waals surface area contributed by atoms with Crippen LogP contribution < -0.4 is 4.74 Å². The number of carbonyl (C=O) groups excluding carboxylic acids is 2. The number of alkyl halides is 1. The van der Waals surface area contributed by atoms with Crippen LogP contribution in [-0.4, -0.2) is 16.1 Å². The molecule has 24 heavy (non-hydrogen) atoms. The number of hydrogen-bond donors (Lipinski definition) is 0. The van der Waals surface area contributed by atoms with Crippen LogP contribution in [0.4, 0.5) is 0 Å². The van der Waals surface area contributed by atoms with Crippen molar-refractivity contribution in [3.05, 3.63) is 29.8 Å². The van der Waals surface area contributed by atoms with Gasteiger partial charge in [0.1, 0.15) is 5.75 Å². The van der Waals surface area contributed by atoms with Crippen LogP contribution in [0, 0.1) is 17.3 Å². The summed E-state index contributed by atoms with van der Waals surface area (Å²) in [6.45, 7) is 1.53. The minimum Gasteiger partial charge on any atom is -0.427 e. The Balaban J connectivity index is 1.43. The fraction of sp³-hybridized carbons (Fsp3) is 0.600. The zero-order valence-electron chi connectivity index (χ0n) is 14.0. The van der Waals surface area contributed by atoms with Crippen molar-refractivity contribution < 1.29 is 14.3 Å². The first-order chi connectivity index (χ1) is 11.3. The minimum absolute atomic E-state index is 0.0177. The van der Waals surface area contributed by atoms with E-state index in [1.54, 1.807) is 24.3 Å². The normalized spacial score (nSPS) is 36.6. The molecule has 3 nitrogen and oxygen atoms in total. The lowest BCUT2D eigenvalue weighted by Gasteiger charge is -2.60. The molecule has 4 fully saturated rings. The Morgan fingerprint density at radius 2 is 1.75 bits per heavy atom. The summed E-state index contributed by atoms with van der Waals surface area (Å²) in [7, 11) is 0. The third kappa shape index (κ3) is 3.05. The van der Waals surface area contributed by atoms with E-state index < -0.39 is 0 Å². The Hall–Kier alpha value is -1.16. The molecular weight excluding hydrogens is 368 g/mol. The van der Waals surface area contributed by atoms with Gasteiger partial charge in [-0.25, -0.2) is 0 Å². The van der Waals surface area contributed by atoms with Crippen LogP contribution in [0.2, 0.25) is 0 Å². The second-order valence-corrected chi connectivity index (χ2v) is 10.0. The van der Waals surface area contributed by atoms with E-state index in [9.17, 15) is 9.59 Å². The zero-order valence-corrected chi connectivity index (χ0v) is 15.6. The summed E-state index contributed by atoms with van der Waals surface area (Å²) < 4.78 is 5.82. The van der Waals surface area contributed by atoms with Crippen molar-refractivity contribution in [1.82, 2.24) is 0 Å². The van der Waals surface area contributed by atoms with E-state index in [0.29, 0.717) is 17.7 Å². The van der Waals surface area contributed by atoms with Crippen molar-refractivity contribution in [3.8, 4) is 5.75 Å². The van der Waals surface area contributed by atoms with Crippen LogP contribution in [0.15, 0.2) is 24.3 Å². The van der Waals surface area contributed by atoms with Gasteiger partial charge >= 0.3 is 5.97 Å². The predicted molar refractivity (Wildman–Crippen MR) is 95.5 cm³/mol. The van der Waals surface area contributed by atoms with Crippen molar-refractivity contribution in [2.75, 3.05) is 0 Å². The standard InChI is InChI=1S/C20H23BrO3/c1-13(22)16-2-4-17(5-3-16)24-18(23)11-19-7-14-6-15(8-19)10-20(21,9-14)12-19/h2-5,14-15H,6-12H2,1H3/t14-,15+,19?,20?. The highest BCUT2D eigenvalue weighted by molar-refractivity contribution is 9.10. The molecule has 0 spiro atoms. The Labute approximate surface area is 151 Å². The quantitative estimate of drug-likeness (QED) is 0.317. The summed E-state index contributed by atoms with van der Waals surface area (Å²) >= 11 is 3.99. The van der Waals surface area contributed by atoms with Gasteiger partial charge in [0.15, 0.2) is 5.78 Å². The van der Waals surface area contributed by atoms with Crippen LogP contribution in [0.25, 0.3) is 0 Å². The van der Waals surface area contributed by atoms with E-state index in [-0.39, 0.29) is 21.5 Å². The largest absolute Gasteiger partial charge is 0.427 e. The lowest BCUT2D eigenvalue weighted by Crippen LogP contribution is -2.53. The monoisotopic (exact) mass is 390 g/mol. The molecule has 4 atom stereocenters. The summed E-state index contributed by atoms with van der Waals surface area (Å²) in [6, 6.07) is 6.84. The molecule has 2 unspecified atom stereocenters. The van der Waals surface area contributed by atoms with Gasteiger partial charge in [-0.2, -0.15) is 0 Å². The lowest BCUT2D eigenvalue weighted by atomic mass is 9.49. The second kappa shape index (κ2) is 5.69. The molecule has 0 aliphatic heterocycles. The highest BCUT2D eigenvalue weighted by atomic mass is 79.9. The fourth-order valence-corrected chi connectivity index (χ4v) is 7.28. The molecule has 0 amide bonds. The number of carbonyl (C=O) groups is 2. The molecule has 0 saturated heterocycles. The molecular formula is C20H23BrO3. The Morgan fingerprint density at radius 3 is 2.29 bits per heavy atom. The van der Waals surface area contributed by atoms with Gasteiger partial charge in [0, 0.05) is 9.89 Å². The van der Waals surface area contributed by atoms with Gasteiger partial charge in [0.25, 0.3) is 0 Å². The van der Waals surface area contributed by atoms with Crippen LogP contribution >= 0.6 is 15.9 Å². The van der Waals surface area contributed by atoms with Crippen molar-refractivity contribution in [3.63, 3.8) is 0 Å². The van der Waals surface area contributed by atoms with Gasteiger partial charge in [-0.1, -0.05) is 15.9 Å². The molecule has 0 N–H and O–H groups in total. The van der Waals surface area contributed by atoms with Crippen molar-refractivity contribution >= 4 is 27.7 Å². The van der Waals surface area contributed by atoms with Gasteiger partial charge in [-0.3, -0.25) is 9.59 Å². The third-order valence-corrected chi connectivity index (χ3v) is 7.05. The molecule has 1 aromatic carbocycles. The first kappa shape index (κ1) is 16.3. The highest BCUT2D eigenvalue weighted by Gasteiger charge is 2.57. The summed E-state index contributed by atoms with van der Waals surface area (Å²) in [5.41, 5.74) is 0.765. The number of halogens is 1. The predicted octanol–water partition coefficient (Wildman–Crippen LogP) is 4.92. The molecule has 5 rings (SSSR count). The molecule has 4 bridgehead atoms. The smallest absolute Gasteiger partial charge is 0.311 e. The first-order valence-corrected chi connectivity index (χ1v) is 9.65. The molecule has 4 saturated carbocycles. The average Bonchev–Trinajstić information content (AvgIpc) is 2.44. The van der Waals surface area contributed by atoms with Gasteiger partial charge in [0.2, 0.25) is 0 Å². The van der Waals surface area contributed by atoms with Crippen LogP contribution in [0.1, 0.15) is 62.2 Å². The summed E-state index contributed by atoms with van der Waals surface area (Å²) in [4.78, 5) is 23.8. The van der Waals surface area contributed by atoms with Gasteiger partial charge in [-0.15, -0.1) is 0 Å². The molecule has 4 aliphatic carbocycles. The molecule has 4 heteroatoms. The SMILES string of the molecule is CC(=O)c1ccc(OC(=O)CC23C[C@@H]4C[C@@H](CC(Br)(C4)C2)C3)cc1. The number of hydrogen-bond acceptors (Lipinski definition) is 3. The number of ether oxygens (including phenoxy) is 1. The number of rotatable bonds is 4. The lowest BCUT2D eigenvalue weighted by molar-refractivity contribution is -0.141. The maximum absolute atomic E-state index is 12.5. The number of Topliss-reactive ketones (excluding diaryl/α,β-unsaturated/α-hetero) is 1. The van der Waals surface area contributed by atoms with E-state index in [1.165, 1.54) is 39.0 Å². The second-order valence-electron chi connectivity index (χ2n) is 8.34. The first-order valence-electron chi connectivity index (χ1n) is 8.85. The molecule has 1 aromatic rings. The van der Waals surface area contributed by atoms with E-state index in [2.05, 4.69) is 15.9 Å². The van der Waals surface area contributed by atoms with Crippen molar-refractivity contribution in [1.29, 1.82) is 0 Å².